The summed E-state index contributed by atoms with van der Waals surface area (Å²) in [6.45, 7) is 0.316. The zero-order chi connectivity index (χ0) is 14.4. The molecular formula is C12H13BrF2N2OS. The Morgan fingerprint density at radius 1 is 1.32 bits per heavy atom. The van der Waals surface area contributed by atoms with Gasteiger partial charge in [0.25, 0.3) is 5.91 Å². The summed E-state index contributed by atoms with van der Waals surface area (Å²) in [5.41, 5.74) is 4.75. The molecule has 0 saturated heterocycles. The van der Waals surface area contributed by atoms with Crippen LogP contribution in [0.4, 0.5) is 8.78 Å². The van der Waals surface area contributed by atoms with E-state index >= 15 is 0 Å². The fourth-order valence-electron chi connectivity index (χ4n) is 1.47. The molecule has 0 radical (unpaired) electrons. The highest BCUT2D eigenvalue weighted by molar-refractivity contribution is 9.10. The Kier molecular flexibility index (Phi) is 6.30. The average Bonchev–Trinajstić information content (AvgIpc) is 2.26. The molecule has 0 spiro atoms. The number of hydrogen-bond donors (Lipinski definition) is 2. The van der Waals surface area contributed by atoms with Crippen LogP contribution in [-0.2, 0) is 0 Å². The first-order chi connectivity index (χ1) is 8.91. The largest absolute Gasteiger partial charge is 0.393 e. The van der Waals surface area contributed by atoms with E-state index in [9.17, 15) is 13.6 Å². The highest BCUT2D eigenvalue weighted by Crippen LogP contribution is 2.19. The number of carbonyl (C=O) groups is 1. The number of nitrogens with two attached hydrogens (primary N) is 1. The predicted octanol–water partition coefficient (Wildman–Crippen LogP) is 2.91. The Labute approximate surface area is 123 Å². The Bertz CT molecular complexity index is 474. The van der Waals surface area contributed by atoms with Crippen molar-refractivity contribution in [3.8, 4) is 0 Å². The minimum atomic E-state index is -0.896. The molecule has 1 amide bonds. The van der Waals surface area contributed by atoms with E-state index in [1.54, 1.807) is 0 Å². The molecule has 0 heterocycles. The van der Waals surface area contributed by atoms with Gasteiger partial charge in [-0.15, -0.1) is 0 Å². The zero-order valence-electron chi connectivity index (χ0n) is 10.0. The number of benzene rings is 1. The lowest BCUT2D eigenvalue weighted by atomic mass is 10.1. The lowest BCUT2D eigenvalue weighted by Crippen LogP contribution is -2.26. The predicted molar refractivity (Wildman–Crippen MR) is 77.0 cm³/mol. The molecule has 0 fully saturated rings. The Morgan fingerprint density at radius 3 is 2.42 bits per heavy atom. The second-order valence-electron chi connectivity index (χ2n) is 3.92. The summed E-state index contributed by atoms with van der Waals surface area (Å²) in [6.07, 6.45) is 1.95. The number of rotatable bonds is 6. The summed E-state index contributed by atoms with van der Waals surface area (Å²) in [4.78, 5) is 12.1. The van der Waals surface area contributed by atoms with Crippen LogP contribution in [0.15, 0.2) is 16.6 Å². The van der Waals surface area contributed by atoms with Gasteiger partial charge in [-0.05, 0) is 31.4 Å². The monoisotopic (exact) mass is 350 g/mol. The summed E-state index contributed by atoms with van der Waals surface area (Å²) >= 11 is 7.65. The zero-order valence-corrected chi connectivity index (χ0v) is 12.4. The van der Waals surface area contributed by atoms with E-state index in [0.717, 1.165) is 18.6 Å². The van der Waals surface area contributed by atoms with Gasteiger partial charge < -0.3 is 11.1 Å². The number of hydrogen-bond acceptors (Lipinski definition) is 2. The first-order valence-corrected chi connectivity index (χ1v) is 6.83. The van der Waals surface area contributed by atoms with Crippen molar-refractivity contribution < 1.29 is 13.6 Å². The normalized spacial score (nSPS) is 10.3. The highest BCUT2D eigenvalue weighted by Gasteiger charge is 2.17. The number of unbranched alkanes of at least 4 members (excludes halogenated alkanes) is 1. The van der Waals surface area contributed by atoms with Crippen molar-refractivity contribution in [1.29, 1.82) is 0 Å². The number of halogens is 3. The molecule has 0 unspecified atom stereocenters. The van der Waals surface area contributed by atoms with E-state index in [4.69, 9.17) is 18.0 Å². The molecule has 7 heteroatoms. The van der Waals surface area contributed by atoms with Gasteiger partial charge in [-0.25, -0.2) is 8.78 Å². The third-order valence-electron chi connectivity index (χ3n) is 2.37. The van der Waals surface area contributed by atoms with Crippen LogP contribution in [0.5, 0.6) is 0 Å². The summed E-state index contributed by atoms with van der Waals surface area (Å²) in [5.74, 6) is -2.56. The molecule has 0 bridgehead atoms. The van der Waals surface area contributed by atoms with E-state index in [1.165, 1.54) is 0 Å². The number of nitrogens with one attached hydrogen (secondary N) is 1. The summed E-state index contributed by atoms with van der Waals surface area (Å²) in [7, 11) is 0. The van der Waals surface area contributed by atoms with Crippen molar-refractivity contribution in [2.45, 2.75) is 19.3 Å². The van der Waals surface area contributed by atoms with E-state index < -0.39 is 23.1 Å². The van der Waals surface area contributed by atoms with Gasteiger partial charge in [0.2, 0.25) is 0 Å². The first kappa shape index (κ1) is 16.0. The van der Waals surface area contributed by atoms with E-state index in [2.05, 4.69) is 21.2 Å². The second-order valence-corrected chi connectivity index (χ2v) is 5.36. The molecule has 0 atom stereocenters. The third kappa shape index (κ3) is 5.20. The molecule has 104 valence electrons. The van der Waals surface area contributed by atoms with Crippen molar-refractivity contribution in [3.63, 3.8) is 0 Å². The smallest absolute Gasteiger partial charge is 0.257 e. The van der Waals surface area contributed by atoms with Crippen LogP contribution >= 0.6 is 28.1 Å². The standard InChI is InChI=1S/C12H13BrF2N2OS/c13-7-5-8(14)11(9(15)6-7)12(18)17-4-2-1-3-10(16)19/h5-6H,1-4H2,(H2,16,19)(H,17,18). The van der Waals surface area contributed by atoms with Crippen LogP contribution in [0.2, 0.25) is 0 Å². The van der Waals surface area contributed by atoms with Gasteiger partial charge in [-0.2, -0.15) is 0 Å². The molecule has 0 saturated carbocycles. The molecule has 0 aliphatic heterocycles. The Hall–Kier alpha value is -1.08. The van der Waals surface area contributed by atoms with Crippen LogP contribution < -0.4 is 11.1 Å². The molecule has 3 N–H and O–H groups in total. The van der Waals surface area contributed by atoms with Crippen molar-refractivity contribution >= 4 is 39.0 Å². The maximum absolute atomic E-state index is 13.5. The molecule has 1 aromatic rings. The maximum Gasteiger partial charge on any atom is 0.257 e. The lowest BCUT2D eigenvalue weighted by Gasteiger charge is -2.07. The number of carbonyl (C=O) groups excluding carboxylic acids is 1. The fourth-order valence-corrected chi connectivity index (χ4v) is 2.02. The van der Waals surface area contributed by atoms with Gasteiger partial charge in [0, 0.05) is 11.0 Å². The SMILES string of the molecule is NC(=S)CCCCNC(=O)c1c(F)cc(Br)cc1F. The van der Waals surface area contributed by atoms with Gasteiger partial charge in [0.1, 0.15) is 17.2 Å². The van der Waals surface area contributed by atoms with Gasteiger partial charge >= 0.3 is 0 Å². The minimum absolute atomic E-state index is 0.246. The van der Waals surface area contributed by atoms with Crippen molar-refractivity contribution in [1.82, 2.24) is 5.32 Å². The lowest BCUT2D eigenvalue weighted by molar-refractivity contribution is 0.0944. The first-order valence-electron chi connectivity index (χ1n) is 5.63. The third-order valence-corrected chi connectivity index (χ3v) is 3.03. The van der Waals surface area contributed by atoms with Crippen molar-refractivity contribution in [2.75, 3.05) is 6.54 Å². The maximum atomic E-state index is 13.5. The van der Waals surface area contributed by atoms with Crippen molar-refractivity contribution in [3.05, 3.63) is 33.8 Å². The van der Waals surface area contributed by atoms with Gasteiger partial charge in [0.15, 0.2) is 0 Å². The van der Waals surface area contributed by atoms with Crippen LogP contribution in [0.3, 0.4) is 0 Å². The van der Waals surface area contributed by atoms with E-state index in [-0.39, 0.29) is 4.47 Å². The second kappa shape index (κ2) is 7.49. The topological polar surface area (TPSA) is 55.1 Å². The fraction of sp³-hybridized carbons (Fsp3) is 0.333. The molecular weight excluding hydrogens is 338 g/mol. The summed E-state index contributed by atoms with van der Waals surface area (Å²) in [5, 5.41) is 2.46. The molecule has 19 heavy (non-hydrogen) atoms. The van der Waals surface area contributed by atoms with Crippen LogP contribution in [-0.4, -0.2) is 17.4 Å². The Morgan fingerprint density at radius 2 is 1.89 bits per heavy atom. The van der Waals surface area contributed by atoms with Crippen LogP contribution in [0.1, 0.15) is 29.6 Å². The van der Waals surface area contributed by atoms with E-state index in [0.29, 0.717) is 24.4 Å². The van der Waals surface area contributed by atoms with Crippen LogP contribution in [0.25, 0.3) is 0 Å². The minimum Gasteiger partial charge on any atom is -0.393 e. The van der Waals surface area contributed by atoms with Crippen LogP contribution in [0, 0.1) is 11.6 Å². The van der Waals surface area contributed by atoms with Crippen molar-refractivity contribution in [2.24, 2.45) is 5.73 Å². The highest BCUT2D eigenvalue weighted by atomic mass is 79.9. The molecule has 0 aliphatic carbocycles. The average molecular weight is 351 g/mol. The van der Waals surface area contributed by atoms with Gasteiger partial charge in [-0.1, -0.05) is 28.1 Å². The molecule has 1 aromatic carbocycles. The van der Waals surface area contributed by atoms with E-state index in [1.807, 2.05) is 0 Å². The number of thiocarbonyl (C=S) groups is 1. The molecule has 1 rings (SSSR count). The Balaban J connectivity index is 2.52. The summed E-state index contributed by atoms with van der Waals surface area (Å²) in [6, 6.07) is 2.09. The number of amides is 1. The summed E-state index contributed by atoms with van der Waals surface area (Å²) < 4.78 is 27.2. The molecule has 0 aromatic heterocycles. The van der Waals surface area contributed by atoms with Gasteiger partial charge in [-0.3, -0.25) is 4.79 Å². The molecule has 3 nitrogen and oxygen atoms in total. The molecule has 0 aliphatic rings. The quantitative estimate of drug-likeness (QED) is 0.612. The van der Waals surface area contributed by atoms with Gasteiger partial charge in [0.05, 0.1) is 4.99 Å².